The fourth-order valence-corrected chi connectivity index (χ4v) is 3.31. The van der Waals surface area contributed by atoms with Gasteiger partial charge in [0.15, 0.2) is 6.07 Å². The zero-order valence-corrected chi connectivity index (χ0v) is 55.0. The van der Waals surface area contributed by atoms with Gasteiger partial charge in [0.25, 0.3) is 0 Å². The van der Waals surface area contributed by atoms with Crippen LogP contribution in [0.15, 0.2) is 0 Å². The average molecular weight is 1320 g/mol. The Morgan fingerprint density at radius 3 is 0.164 bits per heavy atom. The van der Waals surface area contributed by atoms with E-state index in [0.29, 0.717) is 0 Å². The number of hydrogen-bond donors (Lipinski definition) is 0. The molecule has 0 rings (SSSR count). The molecule has 1 nitrogen and oxygen atoms in total. The lowest BCUT2D eigenvalue weighted by molar-refractivity contribution is 1.55. The minimum atomic E-state index is 1.62. The summed E-state index contributed by atoms with van der Waals surface area (Å²) < 4.78 is 0. The zero-order chi connectivity index (χ0) is 78.4. The minimum Gasteiger partial charge on any atom is -0.183 e. The summed E-state index contributed by atoms with van der Waals surface area (Å²) in [5.41, 5.74) is 0. The molecular weight excluding hydrogens is 1320 g/mol. The van der Waals surface area contributed by atoms with Gasteiger partial charge in [0.1, 0.15) is 0 Å². The van der Waals surface area contributed by atoms with Crippen LogP contribution in [0.4, 0.5) is 0 Å². The summed E-state index contributed by atoms with van der Waals surface area (Å²) in [6, 6.07) is 1.62. The molecule has 0 aromatic carbocycles. The van der Waals surface area contributed by atoms with E-state index in [2.05, 4.69) is 633 Å². The van der Waals surface area contributed by atoms with Gasteiger partial charge in [-0.25, -0.2) is 0 Å². The van der Waals surface area contributed by atoms with E-state index < -0.39 is 0 Å². The van der Waals surface area contributed by atoms with Gasteiger partial charge in [0.05, 0.1) is 0 Å². The quantitative estimate of drug-likeness (QED) is 0.322. The van der Waals surface area contributed by atoms with Crippen LogP contribution in [0.25, 0.3) is 0 Å². The maximum atomic E-state index is 8.23. The first-order chi connectivity index (χ1) is 54.9. The third kappa shape index (κ3) is 83.7. The van der Waals surface area contributed by atoms with Crippen LogP contribution in [-0.2, 0) is 0 Å². The second-order valence-electron chi connectivity index (χ2n) is 13.5. The average Bonchev–Trinajstić information content (AvgIpc) is 3.58. The van der Waals surface area contributed by atoms with Gasteiger partial charge in [-0.1, -0.05) is 0 Å². The molecular formula is C109HN. The molecule has 0 N–H and O–H groups in total. The highest BCUT2D eigenvalue weighted by atomic mass is 14.2. The molecule has 110 heavy (non-hydrogen) atoms. The van der Waals surface area contributed by atoms with Gasteiger partial charge in [0, 0.05) is 586 Å². The molecule has 0 amide bonds. The standard InChI is InChI=1S/C109HN/c1-2-3-4-5-6-7-8-9-10-11-12-13-14-15-16-17-18-19-20-21-22-23-24-25-26-27-28-29-30-31-32-33-34-35-36-37-38-39-40-41-42-43-44-45-46-47-48-49-50-51-52-53-54-55-56-57-58-59-60-61-62-63-64-65-66-67-68-69-70-71-72-73-74-75-76-77-78-79-80-81-82-83-84-85-86-87-88-89-90-91-92-93-94-95-96-97-98-99-100-101-102-103-104-105-106-107-108-109-110/h1H. The predicted octanol–water partition coefficient (Wildman–Crippen LogP) is 0.323. The molecule has 0 atom stereocenters. The van der Waals surface area contributed by atoms with Crippen LogP contribution in [0, 0.1) is 651 Å². The Bertz CT molecular complexity index is 7390. The van der Waals surface area contributed by atoms with Gasteiger partial charge in [-0.2, -0.15) is 5.26 Å². The summed E-state index contributed by atoms with van der Waals surface area (Å²) in [7, 11) is 0. The van der Waals surface area contributed by atoms with Crippen molar-refractivity contribution in [2.75, 3.05) is 0 Å². The topological polar surface area (TPSA) is 23.8 Å². The largest absolute Gasteiger partial charge is 0.183 e. The molecule has 0 radical (unpaired) electrons. The van der Waals surface area contributed by atoms with Crippen molar-refractivity contribution in [3.05, 3.63) is 0 Å². The first-order valence-electron chi connectivity index (χ1n) is 27.3. The Morgan fingerprint density at radius 2 is 0.118 bits per heavy atom. The van der Waals surface area contributed by atoms with Crippen LogP contribution in [-0.4, -0.2) is 0 Å². The lowest BCUT2D eigenvalue weighted by atomic mass is 10.4. The zero-order valence-electron chi connectivity index (χ0n) is 55.0. The summed E-state index contributed by atoms with van der Waals surface area (Å²) in [5.74, 6) is 265. The summed E-state index contributed by atoms with van der Waals surface area (Å²) >= 11 is 0. The Labute approximate surface area is 647 Å². The highest BCUT2D eigenvalue weighted by molar-refractivity contribution is 5.57. The third-order valence-electron chi connectivity index (χ3n) is 6.69. The van der Waals surface area contributed by atoms with Crippen molar-refractivity contribution < 1.29 is 0 Å². The molecule has 0 spiro atoms. The summed E-state index contributed by atoms with van der Waals surface area (Å²) in [6.07, 6.45) is 4.95. The van der Waals surface area contributed by atoms with Crippen molar-refractivity contribution in [1.29, 1.82) is 5.26 Å². The normalized spacial score (nSPS) is 3.95. The van der Waals surface area contributed by atoms with E-state index in [9.17, 15) is 0 Å². The molecule has 0 aliphatic carbocycles. The second-order valence-corrected chi connectivity index (χ2v) is 13.5. The molecule has 0 aliphatic rings. The smallest absolute Gasteiger partial charge is 0.153 e. The fraction of sp³-hybridized carbons (Fsp3) is 0. The van der Waals surface area contributed by atoms with Gasteiger partial charge >= 0.3 is 0 Å². The van der Waals surface area contributed by atoms with Crippen molar-refractivity contribution in [3.8, 4) is 646 Å². The minimum absolute atomic E-state index is 1.62. The van der Waals surface area contributed by atoms with Crippen LogP contribution in [0.1, 0.15) is 0 Å². The van der Waals surface area contributed by atoms with Crippen LogP contribution < -0.4 is 0 Å². The molecule has 442 valence electrons. The maximum Gasteiger partial charge on any atom is 0.153 e. The molecule has 0 aliphatic heterocycles. The first kappa shape index (κ1) is 85.7. The van der Waals surface area contributed by atoms with E-state index in [0.717, 1.165) is 0 Å². The van der Waals surface area contributed by atoms with Gasteiger partial charge in [-0.05, 0) is 47.4 Å². The van der Waals surface area contributed by atoms with Crippen LogP contribution in [0.2, 0.25) is 0 Å². The lowest BCUT2D eigenvalue weighted by Gasteiger charge is -1.58. The molecule has 0 saturated carbocycles. The number of terminal acetylenes is 1. The molecule has 0 aromatic rings. The number of rotatable bonds is 0. The number of hydrogen-bond acceptors (Lipinski definition) is 1. The second kappa shape index (κ2) is 84.7. The molecule has 0 aromatic heterocycles. The Balaban J connectivity index is 4.64. The molecule has 0 unspecified atom stereocenters. The Hall–Kier alpha value is -24.3. The van der Waals surface area contributed by atoms with E-state index in [1.165, 1.54) is 0 Å². The van der Waals surface area contributed by atoms with Gasteiger partial charge < -0.3 is 0 Å². The first-order valence-corrected chi connectivity index (χ1v) is 27.3. The van der Waals surface area contributed by atoms with Crippen molar-refractivity contribution in [2.24, 2.45) is 0 Å². The van der Waals surface area contributed by atoms with E-state index in [1.807, 2.05) is 0 Å². The van der Waals surface area contributed by atoms with Crippen LogP contribution in [0.3, 0.4) is 0 Å². The van der Waals surface area contributed by atoms with Crippen LogP contribution in [0.5, 0.6) is 0 Å². The van der Waals surface area contributed by atoms with Crippen molar-refractivity contribution in [2.45, 2.75) is 0 Å². The molecule has 0 bridgehead atoms. The lowest BCUT2D eigenvalue weighted by Crippen LogP contribution is -1.57. The fourth-order valence-electron chi connectivity index (χ4n) is 3.31. The molecule has 0 fully saturated rings. The van der Waals surface area contributed by atoms with E-state index >= 15 is 0 Å². The van der Waals surface area contributed by atoms with Crippen molar-refractivity contribution in [1.82, 2.24) is 0 Å². The Morgan fingerprint density at radius 1 is 0.0727 bits per heavy atom. The molecule has 1 heteroatoms. The van der Waals surface area contributed by atoms with Crippen molar-refractivity contribution in [3.63, 3.8) is 0 Å². The third-order valence-corrected chi connectivity index (χ3v) is 6.69. The van der Waals surface area contributed by atoms with Gasteiger partial charge in [-0.3, -0.25) is 0 Å². The van der Waals surface area contributed by atoms with E-state index in [4.69, 9.17) is 11.7 Å². The highest BCUT2D eigenvalue weighted by Crippen LogP contribution is 1.68. The maximum absolute atomic E-state index is 8.23. The summed E-state index contributed by atoms with van der Waals surface area (Å²) in [6.45, 7) is 0. The molecule has 0 heterocycles. The highest BCUT2D eigenvalue weighted by Gasteiger charge is 1.68. The van der Waals surface area contributed by atoms with E-state index in [1.54, 1.807) is 6.07 Å². The molecule has 0 saturated heterocycles. The number of nitrogens with zero attached hydrogens (tertiary/aromatic N) is 1. The van der Waals surface area contributed by atoms with Gasteiger partial charge in [0.2, 0.25) is 0 Å². The van der Waals surface area contributed by atoms with Gasteiger partial charge in [-0.15, -0.1) is 6.42 Å². The Kier molecular flexibility index (Phi) is 66.0. The predicted molar refractivity (Wildman–Crippen MR) is 427 cm³/mol. The summed E-state index contributed by atoms with van der Waals surface area (Å²) in [5, 5.41) is 8.23. The van der Waals surface area contributed by atoms with E-state index in [-0.39, 0.29) is 0 Å². The van der Waals surface area contributed by atoms with Crippen molar-refractivity contribution >= 4 is 0 Å². The number of nitriles is 1. The monoisotopic (exact) mass is 1320 g/mol. The summed E-state index contributed by atoms with van der Waals surface area (Å²) in [4.78, 5) is 0. The SMILES string of the molecule is C#CC#CC#CC#CC#CC#CC#CC#CC#CC#CC#CC#CC#CC#CC#CC#CC#CC#CC#CC#CC#CC#CC#CC#CC#CC#CC#CC#CC#CC#CC#CC#CC#CC#CC#CC#CC#CC#CC#CC#CC#CC#CC#CC#CC#CC#CC#CC#CC#CC#CC#CC#CC#CC#CC#N. The van der Waals surface area contributed by atoms with Crippen LogP contribution >= 0.6 is 0 Å².